The average molecular weight is 263 g/mol. The van der Waals surface area contributed by atoms with Gasteiger partial charge in [0.1, 0.15) is 5.75 Å². The summed E-state index contributed by atoms with van der Waals surface area (Å²) in [5.41, 5.74) is 1.43. The highest BCUT2D eigenvalue weighted by molar-refractivity contribution is 5.27. The number of piperidine rings is 1. The SMILES string of the molecule is CCOc1ccc(CN2CC(O)CCC2(C)C)cc1. The van der Waals surface area contributed by atoms with Crippen LogP contribution in [0.25, 0.3) is 0 Å². The van der Waals surface area contributed by atoms with E-state index in [9.17, 15) is 5.11 Å². The van der Waals surface area contributed by atoms with Crippen LogP contribution in [0, 0.1) is 0 Å². The number of hydrogen-bond acceptors (Lipinski definition) is 3. The molecule has 3 heteroatoms. The average Bonchev–Trinajstić information content (AvgIpc) is 2.37. The Bertz CT molecular complexity index is 400. The number of nitrogens with zero attached hydrogens (tertiary/aromatic N) is 1. The molecule has 1 aromatic carbocycles. The molecule has 0 bridgehead atoms. The maximum atomic E-state index is 9.84. The summed E-state index contributed by atoms with van der Waals surface area (Å²) in [5, 5.41) is 9.84. The van der Waals surface area contributed by atoms with E-state index in [0.717, 1.165) is 31.7 Å². The number of rotatable bonds is 4. The van der Waals surface area contributed by atoms with Crippen molar-refractivity contribution in [3.63, 3.8) is 0 Å². The van der Waals surface area contributed by atoms with Crippen molar-refractivity contribution in [2.45, 2.75) is 51.8 Å². The summed E-state index contributed by atoms with van der Waals surface area (Å²) in [6, 6.07) is 8.27. The van der Waals surface area contributed by atoms with Crippen LogP contribution in [0.3, 0.4) is 0 Å². The zero-order valence-corrected chi connectivity index (χ0v) is 12.2. The molecule has 0 amide bonds. The highest BCUT2D eigenvalue weighted by Crippen LogP contribution is 2.29. The summed E-state index contributed by atoms with van der Waals surface area (Å²) in [7, 11) is 0. The number of aliphatic hydroxyl groups is 1. The van der Waals surface area contributed by atoms with Crippen molar-refractivity contribution in [1.29, 1.82) is 0 Å². The predicted molar refractivity (Wildman–Crippen MR) is 77.3 cm³/mol. The third kappa shape index (κ3) is 3.71. The number of aliphatic hydroxyl groups excluding tert-OH is 1. The van der Waals surface area contributed by atoms with Crippen LogP contribution in [0.5, 0.6) is 5.75 Å². The first-order valence-corrected chi connectivity index (χ1v) is 7.16. The molecule has 3 nitrogen and oxygen atoms in total. The minimum Gasteiger partial charge on any atom is -0.494 e. The molecule has 19 heavy (non-hydrogen) atoms. The van der Waals surface area contributed by atoms with Gasteiger partial charge in [0.05, 0.1) is 12.7 Å². The Hall–Kier alpha value is -1.06. The van der Waals surface area contributed by atoms with Crippen LogP contribution in [-0.2, 0) is 6.54 Å². The van der Waals surface area contributed by atoms with Crippen LogP contribution in [0.2, 0.25) is 0 Å². The minimum absolute atomic E-state index is 0.165. The van der Waals surface area contributed by atoms with E-state index in [2.05, 4.69) is 30.9 Å². The molecule has 0 radical (unpaired) electrons. The van der Waals surface area contributed by atoms with Gasteiger partial charge < -0.3 is 9.84 Å². The highest BCUT2D eigenvalue weighted by Gasteiger charge is 2.33. The maximum Gasteiger partial charge on any atom is 0.119 e. The van der Waals surface area contributed by atoms with Crippen LogP contribution in [0.1, 0.15) is 39.2 Å². The fourth-order valence-corrected chi connectivity index (χ4v) is 2.63. The molecule has 0 spiro atoms. The van der Waals surface area contributed by atoms with Gasteiger partial charge in [-0.15, -0.1) is 0 Å². The molecule has 1 N–H and O–H groups in total. The predicted octanol–water partition coefficient (Wildman–Crippen LogP) is 2.82. The lowest BCUT2D eigenvalue weighted by Gasteiger charge is -2.44. The largest absolute Gasteiger partial charge is 0.494 e. The third-order valence-corrected chi connectivity index (χ3v) is 3.98. The van der Waals surface area contributed by atoms with Gasteiger partial charge in [-0.2, -0.15) is 0 Å². The second-order valence-corrected chi connectivity index (χ2v) is 5.96. The molecule has 1 unspecified atom stereocenters. The van der Waals surface area contributed by atoms with E-state index in [-0.39, 0.29) is 11.6 Å². The Morgan fingerprint density at radius 2 is 2.00 bits per heavy atom. The molecular weight excluding hydrogens is 238 g/mol. The molecule has 106 valence electrons. The van der Waals surface area contributed by atoms with Crippen LogP contribution < -0.4 is 4.74 Å². The number of β-amino-alcohol motifs (C(OH)–C–C–N with tert-alkyl or cyclic N) is 1. The molecule has 1 aromatic rings. The number of ether oxygens (including phenoxy) is 1. The topological polar surface area (TPSA) is 32.7 Å². The summed E-state index contributed by atoms with van der Waals surface area (Å²) in [6.45, 7) is 8.85. The third-order valence-electron chi connectivity index (χ3n) is 3.98. The second kappa shape index (κ2) is 5.93. The van der Waals surface area contributed by atoms with Gasteiger partial charge in [-0.1, -0.05) is 12.1 Å². The van der Waals surface area contributed by atoms with Gasteiger partial charge in [0.25, 0.3) is 0 Å². The Morgan fingerprint density at radius 3 is 2.63 bits per heavy atom. The van der Waals surface area contributed by atoms with E-state index in [1.54, 1.807) is 0 Å². The van der Waals surface area contributed by atoms with Gasteiger partial charge in [-0.05, 0) is 51.3 Å². The molecule has 1 saturated heterocycles. The summed E-state index contributed by atoms with van der Waals surface area (Å²) in [6.07, 6.45) is 1.77. The van der Waals surface area contributed by atoms with Gasteiger partial charge in [0.2, 0.25) is 0 Å². The molecule has 2 rings (SSSR count). The molecule has 1 fully saturated rings. The van der Waals surface area contributed by atoms with Crippen molar-refractivity contribution in [2.24, 2.45) is 0 Å². The van der Waals surface area contributed by atoms with Crippen LogP contribution in [-0.4, -0.2) is 34.8 Å². The second-order valence-electron chi connectivity index (χ2n) is 5.96. The van der Waals surface area contributed by atoms with E-state index in [1.807, 2.05) is 19.1 Å². The quantitative estimate of drug-likeness (QED) is 0.906. The molecule has 0 aromatic heterocycles. The molecule has 1 atom stereocenters. The zero-order chi connectivity index (χ0) is 13.9. The molecule has 0 saturated carbocycles. The molecule has 0 aliphatic carbocycles. The summed E-state index contributed by atoms with van der Waals surface area (Å²) in [5.74, 6) is 0.921. The van der Waals surface area contributed by atoms with Crippen molar-refractivity contribution >= 4 is 0 Å². The van der Waals surface area contributed by atoms with Gasteiger partial charge in [0, 0.05) is 18.6 Å². The van der Waals surface area contributed by atoms with Gasteiger partial charge in [-0.3, -0.25) is 4.90 Å². The van der Waals surface area contributed by atoms with Crippen molar-refractivity contribution in [2.75, 3.05) is 13.2 Å². The smallest absolute Gasteiger partial charge is 0.119 e. The van der Waals surface area contributed by atoms with Gasteiger partial charge in [-0.25, -0.2) is 0 Å². The van der Waals surface area contributed by atoms with E-state index in [1.165, 1.54) is 5.56 Å². The van der Waals surface area contributed by atoms with Crippen molar-refractivity contribution in [3.8, 4) is 5.75 Å². The van der Waals surface area contributed by atoms with Crippen LogP contribution in [0.4, 0.5) is 0 Å². The molecule has 1 aliphatic heterocycles. The standard InChI is InChI=1S/C16H25NO2/c1-4-19-15-7-5-13(6-8-15)11-17-12-14(18)9-10-16(17,2)3/h5-8,14,18H,4,9-12H2,1-3H3. The minimum atomic E-state index is -0.185. The number of hydrogen-bond donors (Lipinski definition) is 1. The monoisotopic (exact) mass is 263 g/mol. The van der Waals surface area contributed by atoms with E-state index < -0.39 is 0 Å². The lowest BCUT2D eigenvalue weighted by molar-refractivity contribution is -0.00960. The van der Waals surface area contributed by atoms with Gasteiger partial charge >= 0.3 is 0 Å². The highest BCUT2D eigenvalue weighted by atomic mass is 16.5. The summed E-state index contributed by atoms with van der Waals surface area (Å²) in [4.78, 5) is 2.37. The Kier molecular flexibility index (Phi) is 4.48. The van der Waals surface area contributed by atoms with E-state index in [0.29, 0.717) is 6.61 Å². The van der Waals surface area contributed by atoms with Gasteiger partial charge in [0.15, 0.2) is 0 Å². The Labute approximate surface area is 116 Å². The normalized spacial score (nSPS) is 23.3. The Morgan fingerprint density at radius 1 is 1.32 bits per heavy atom. The first-order valence-electron chi connectivity index (χ1n) is 7.16. The number of benzene rings is 1. The van der Waals surface area contributed by atoms with E-state index in [4.69, 9.17) is 4.74 Å². The van der Waals surface area contributed by atoms with Crippen LogP contribution >= 0.6 is 0 Å². The lowest BCUT2D eigenvalue weighted by atomic mass is 9.88. The fraction of sp³-hybridized carbons (Fsp3) is 0.625. The summed E-state index contributed by atoms with van der Waals surface area (Å²) < 4.78 is 5.46. The Balaban J connectivity index is 2.02. The molecule has 1 aliphatic rings. The zero-order valence-electron chi connectivity index (χ0n) is 12.2. The van der Waals surface area contributed by atoms with Crippen molar-refractivity contribution in [3.05, 3.63) is 29.8 Å². The van der Waals surface area contributed by atoms with Crippen LogP contribution in [0.15, 0.2) is 24.3 Å². The fourth-order valence-electron chi connectivity index (χ4n) is 2.63. The van der Waals surface area contributed by atoms with E-state index >= 15 is 0 Å². The van der Waals surface area contributed by atoms with Crippen molar-refractivity contribution < 1.29 is 9.84 Å². The molecular formula is C16H25NO2. The first kappa shape index (κ1) is 14.4. The number of likely N-dealkylation sites (tertiary alicyclic amines) is 1. The maximum absolute atomic E-state index is 9.84. The molecule has 1 heterocycles. The lowest BCUT2D eigenvalue weighted by Crippen LogP contribution is -2.51. The van der Waals surface area contributed by atoms with Crippen molar-refractivity contribution in [1.82, 2.24) is 4.90 Å². The first-order chi connectivity index (χ1) is 9.01. The summed E-state index contributed by atoms with van der Waals surface area (Å²) >= 11 is 0.